The number of nitrogens with zero attached hydrogens (tertiary/aromatic N) is 6. The Morgan fingerprint density at radius 1 is 1.03 bits per heavy atom. The van der Waals surface area contributed by atoms with E-state index in [1.54, 1.807) is 4.52 Å². The Morgan fingerprint density at radius 3 is 2.75 bits per heavy atom. The standard InChI is InChI=1S/C24H27N7O/c1-16-13-22(31-24(27-16)25-15-26-31)29-9-11-30(12-10-29)23(32)17-7-8-21-19(14-17)18-5-3-2-4-6-20(18)28-21/h7-8,13-15,28H,2-6,9-12H2,1H3. The van der Waals surface area contributed by atoms with Crippen LogP contribution < -0.4 is 4.90 Å². The highest BCUT2D eigenvalue weighted by atomic mass is 16.2. The molecule has 164 valence electrons. The van der Waals surface area contributed by atoms with Crippen LogP contribution in [0.2, 0.25) is 0 Å². The molecule has 4 heterocycles. The molecule has 0 unspecified atom stereocenters. The van der Waals surface area contributed by atoms with Gasteiger partial charge in [-0.3, -0.25) is 4.79 Å². The maximum atomic E-state index is 13.3. The van der Waals surface area contributed by atoms with E-state index in [4.69, 9.17) is 0 Å². The fourth-order valence-electron chi connectivity index (χ4n) is 5.17. The number of carbonyl (C=O) groups excluding carboxylic acids is 1. The third-order valence-corrected chi connectivity index (χ3v) is 6.85. The van der Waals surface area contributed by atoms with E-state index < -0.39 is 0 Å². The number of aryl methyl sites for hydroxylation is 3. The van der Waals surface area contributed by atoms with E-state index >= 15 is 0 Å². The van der Waals surface area contributed by atoms with Crippen LogP contribution >= 0.6 is 0 Å². The highest BCUT2D eigenvalue weighted by molar-refractivity contribution is 5.99. The number of H-pyrrole nitrogens is 1. The highest BCUT2D eigenvalue weighted by Crippen LogP contribution is 2.29. The minimum atomic E-state index is 0.118. The van der Waals surface area contributed by atoms with E-state index in [0.717, 1.165) is 48.5 Å². The van der Waals surface area contributed by atoms with Crippen LogP contribution in [0, 0.1) is 6.92 Å². The summed E-state index contributed by atoms with van der Waals surface area (Å²) < 4.78 is 1.77. The summed E-state index contributed by atoms with van der Waals surface area (Å²) in [6, 6.07) is 8.19. The molecule has 1 aromatic carbocycles. The zero-order valence-corrected chi connectivity index (χ0v) is 18.3. The molecular formula is C24H27N7O. The molecule has 8 nitrogen and oxygen atoms in total. The van der Waals surface area contributed by atoms with Crippen molar-refractivity contribution in [1.29, 1.82) is 0 Å². The van der Waals surface area contributed by atoms with Gasteiger partial charge < -0.3 is 14.8 Å². The van der Waals surface area contributed by atoms with Crippen LogP contribution in [0.3, 0.4) is 0 Å². The van der Waals surface area contributed by atoms with E-state index in [2.05, 4.69) is 37.1 Å². The Labute approximate surface area is 186 Å². The Bertz CT molecular complexity index is 1310. The second-order valence-electron chi connectivity index (χ2n) is 8.91. The van der Waals surface area contributed by atoms with Crippen molar-refractivity contribution >= 4 is 28.4 Å². The third-order valence-electron chi connectivity index (χ3n) is 6.85. The van der Waals surface area contributed by atoms with Gasteiger partial charge in [0.05, 0.1) is 0 Å². The lowest BCUT2D eigenvalue weighted by Crippen LogP contribution is -2.49. The zero-order chi connectivity index (χ0) is 21.7. The maximum absolute atomic E-state index is 13.3. The molecule has 4 aromatic rings. The van der Waals surface area contributed by atoms with Crippen molar-refractivity contribution in [3.8, 4) is 0 Å². The molecule has 6 rings (SSSR count). The maximum Gasteiger partial charge on any atom is 0.254 e. The van der Waals surface area contributed by atoms with Crippen LogP contribution in [-0.2, 0) is 12.8 Å². The Morgan fingerprint density at radius 2 is 1.88 bits per heavy atom. The third kappa shape index (κ3) is 3.21. The van der Waals surface area contributed by atoms with Crippen LogP contribution in [-0.4, -0.2) is 61.6 Å². The molecule has 1 N–H and O–H groups in total. The molecule has 1 fully saturated rings. The largest absolute Gasteiger partial charge is 0.358 e. The molecule has 2 aliphatic rings. The minimum Gasteiger partial charge on any atom is -0.358 e. The van der Waals surface area contributed by atoms with Gasteiger partial charge in [0.1, 0.15) is 12.1 Å². The van der Waals surface area contributed by atoms with Crippen LogP contribution in [0.25, 0.3) is 16.7 Å². The summed E-state index contributed by atoms with van der Waals surface area (Å²) in [6.45, 7) is 4.84. The molecule has 32 heavy (non-hydrogen) atoms. The summed E-state index contributed by atoms with van der Waals surface area (Å²) in [5.41, 5.74) is 5.64. The number of carbonyl (C=O) groups is 1. The predicted molar refractivity (Wildman–Crippen MR) is 123 cm³/mol. The predicted octanol–water partition coefficient (Wildman–Crippen LogP) is 3.15. The van der Waals surface area contributed by atoms with Gasteiger partial charge in [-0.05, 0) is 56.4 Å². The van der Waals surface area contributed by atoms with Crippen LogP contribution in [0.5, 0.6) is 0 Å². The lowest BCUT2D eigenvalue weighted by molar-refractivity contribution is 0.0746. The first-order valence-corrected chi connectivity index (χ1v) is 11.5. The Kier molecular flexibility index (Phi) is 4.59. The Hall–Kier alpha value is -3.42. The molecule has 0 saturated carbocycles. The van der Waals surface area contributed by atoms with Crippen LogP contribution in [0.1, 0.15) is 46.6 Å². The van der Waals surface area contributed by atoms with Gasteiger partial charge in [0.25, 0.3) is 11.7 Å². The summed E-state index contributed by atoms with van der Waals surface area (Å²) >= 11 is 0. The van der Waals surface area contributed by atoms with Crippen LogP contribution in [0.15, 0.2) is 30.6 Å². The molecule has 1 amide bonds. The normalized spacial score (nSPS) is 17.0. The van der Waals surface area contributed by atoms with E-state index in [1.807, 2.05) is 24.0 Å². The summed E-state index contributed by atoms with van der Waals surface area (Å²) in [4.78, 5) is 29.8. The molecule has 1 aliphatic heterocycles. The molecule has 0 spiro atoms. The van der Waals surface area contributed by atoms with Gasteiger partial charge in [0, 0.05) is 60.1 Å². The van der Waals surface area contributed by atoms with Gasteiger partial charge in [-0.2, -0.15) is 14.6 Å². The van der Waals surface area contributed by atoms with Crippen molar-refractivity contribution in [1.82, 2.24) is 29.5 Å². The second kappa shape index (κ2) is 7.62. The monoisotopic (exact) mass is 429 g/mol. The van der Waals surface area contributed by atoms with Gasteiger partial charge in [-0.25, -0.2) is 4.98 Å². The zero-order valence-electron chi connectivity index (χ0n) is 18.3. The first-order valence-electron chi connectivity index (χ1n) is 11.5. The fourth-order valence-corrected chi connectivity index (χ4v) is 5.17. The number of aromatic nitrogens is 5. The number of nitrogens with one attached hydrogen (secondary N) is 1. The molecular weight excluding hydrogens is 402 g/mol. The summed E-state index contributed by atoms with van der Waals surface area (Å²) in [5, 5.41) is 5.55. The topological polar surface area (TPSA) is 82.4 Å². The molecule has 8 heteroatoms. The van der Waals surface area contributed by atoms with Gasteiger partial charge in [0.2, 0.25) is 0 Å². The smallest absolute Gasteiger partial charge is 0.254 e. The number of aromatic amines is 1. The average molecular weight is 430 g/mol. The number of hydrogen-bond donors (Lipinski definition) is 1. The van der Waals surface area contributed by atoms with E-state index in [-0.39, 0.29) is 5.91 Å². The van der Waals surface area contributed by atoms with E-state index in [1.165, 1.54) is 42.2 Å². The number of rotatable bonds is 2. The lowest BCUT2D eigenvalue weighted by atomic mass is 10.0. The van der Waals surface area contributed by atoms with Crippen molar-refractivity contribution in [2.45, 2.75) is 39.0 Å². The number of anilines is 1. The van der Waals surface area contributed by atoms with Gasteiger partial charge in [-0.15, -0.1) is 0 Å². The highest BCUT2D eigenvalue weighted by Gasteiger charge is 2.25. The van der Waals surface area contributed by atoms with E-state index in [0.29, 0.717) is 18.9 Å². The van der Waals surface area contributed by atoms with Crippen molar-refractivity contribution in [3.63, 3.8) is 0 Å². The number of piperazine rings is 1. The van der Waals surface area contributed by atoms with Crippen molar-refractivity contribution in [3.05, 3.63) is 53.1 Å². The number of amides is 1. The molecule has 0 radical (unpaired) electrons. The van der Waals surface area contributed by atoms with Crippen molar-refractivity contribution in [2.24, 2.45) is 0 Å². The summed E-state index contributed by atoms with van der Waals surface area (Å²) in [6.07, 6.45) is 7.51. The average Bonchev–Trinajstić information content (AvgIpc) is 3.34. The fraction of sp³-hybridized carbons (Fsp3) is 0.417. The SMILES string of the molecule is Cc1cc(N2CCN(C(=O)c3ccc4[nH]c5c(c4c3)CCCCC5)CC2)n2ncnc2n1. The second-order valence-corrected chi connectivity index (χ2v) is 8.91. The quantitative estimate of drug-likeness (QED) is 0.495. The van der Waals surface area contributed by atoms with Gasteiger partial charge in [-0.1, -0.05) is 6.42 Å². The van der Waals surface area contributed by atoms with Gasteiger partial charge in [0.15, 0.2) is 0 Å². The van der Waals surface area contributed by atoms with Crippen LogP contribution in [0.4, 0.5) is 5.82 Å². The number of fused-ring (bicyclic) bond motifs is 4. The van der Waals surface area contributed by atoms with Gasteiger partial charge >= 0.3 is 0 Å². The molecule has 1 aliphatic carbocycles. The van der Waals surface area contributed by atoms with E-state index in [9.17, 15) is 4.79 Å². The first kappa shape index (κ1) is 19.3. The van der Waals surface area contributed by atoms with Crippen molar-refractivity contribution in [2.75, 3.05) is 31.1 Å². The summed E-state index contributed by atoms with van der Waals surface area (Å²) in [5.74, 6) is 1.71. The summed E-state index contributed by atoms with van der Waals surface area (Å²) in [7, 11) is 0. The number of benzene rings is 1. The Balaban J connectivity index is 1.22. The molecule has 3 aromatic heterocycles. The number of hydrogen-bond acceptors (Lipinski definition) is 5. The lowest BCUT2D eigenvalue weighted by Gasteiger charge is -2.36. The molecule has 0 atom stereocenters. The molecule has 0 bridgehead atoms. The van der Waals surface area contributed by atoms with Crippen molar-refractivity contribution < 1.29 is 4.79 Å². The molecule has 1 saturated heterocycles. The minimum absolute atomic E-state index is 0.118. The first-order chi connectivity index (χ1) is 15.7.